The molecule has 2 unspecified atom stereocenters. The first-order valence-corrected chi connectivity index (χ1v) is 5.17. The van der Waals surface area contributed by atoms with Gasteiger partial charge >= 0.3 is 0 Å². The van der Waals surface area contributed by atoms with Gasteiger partial charge in [0.2, 0.25) is 0 Å². The molecule has 2 nitrogen and oxygen atoms in total. The van der Waals surface area contributed by atoms with Crippen molar-refractivity contribution in [3.05, 3.63) is 0 Å². The highest BCUT2D eigenvalue weighted by Crippen LogP contribution is 1.99. The Balaban J connectivity index is 3.57. The molecule has 0 rings (SSSR count). The minimum Gasteiger partial charge on any atom is -0.327 e. The van der Waals surface area contributed by atoms with E-state index in [0.717, 1.165) is 5.75 Å². The second kappa shape index (κ2) is 4.85. The fourth-order valence-corrected chi connectivity index (χ4v) is 1.57. The van der Waals surface area contributed by atoms with Gasteiger partial charge in [-0.1, -0.05) is 20.8 Å². The summed E-state index contributed by atoms with van der Waals surface area (Å²) in [6, 6.07) is 0.0979. The summed E-state index contributed by atoms with van der Waals surface area (Å²) in [6.07, 6.45) is 0. The van der Waals surface area contributed by atoms with E-state index < -0.39 is 10.8 Å². The smallest absolute Gasteiger partial charge is 0.0389 e. The van der Waals surface area contributed by atoms with E-state index in [0.29, 0.717) is 11.7 Å². The van der Waals surface area contributed by atoms with Crippen molar-refractivity contribution in [3.63, 3.8) is 0 Å². The molecule has 0 heterocycles. The molecular formula is C7H17NOS. The quantitative estimate of drug-likeness (QED) is 0.664. The average molecular weight is 163 g/mol. The molecule has 0 fully saturated rings. The van der Waals surface area contributed by atoms with Crippen LogP contribution in [0.1, 0.15) is 20.8 Å². The number of rotatable bonds is 4. The van der Waals surface area contributed by atoms with Crippen LogP contribution in [0.5, 0.6) is 0 Å². The monoisotopic (exact) mass is 163 g/mol. The number of hydrogen-bond donors (Lipinski definition) is 1. The molecule has 3 heteroatoms. The first-order valence-electron chi connectivity index (χ1n) is 3.68. The molecule has 0 radical (unpaired) electrons. The molecule has 0 aromatic rings. The maximum atomic E-state index is 11.0. The highest BCUT2D eigenvalue weighted by Gasteiger charge is 2.09. The predicted octanol–water partition coefficient (Wildman–Crippen LogP) is 0.738. The fourth-order valence-electron chi connectivity index (χ4n) is 0.525. The van der Waals surface area contributed by atoms with Crippen LogP contribution in [0.4, 0.5) is 0 Å². The zero-order valence-corrected chi connectivity index (χ0v) is 7.78. The van der Waals surface area contributed by atoms with Crippen LogP contribution in [0.2, 0.25) is 0 Å². The van der Waals surface area contributed by atoms with Crippen LogP contribution in [0.15, 0.2) is 0 Å². The Labute approximate surface area is 65.6 Å². The molecular weight excluding hydrogens is 146 g/mol. The predicted molar refractivity (Wildman–Crippen MR) is 46.4 cm³/mol. The van der Waals surface area contributed by atoms with Crippen LogP contribution in [-0.2, 0) is 10.8 Å². The lowest BCUT2D eigenvalue weighted by Crippen LogP contribution is -2.32. The molecule has 2 N–H and O–H groups in total. The van der Waals surface area contributed by atoms with Crippen molar-refractivity contribution >= 4 is 10.8 Å². The largest absolute Gasteiger partial charge is 0.327 e. The lowest BCUT2D eigenvalue weighted by molar-refractivity contribution is 0.530. The molecule has 0 saturated carbocycles. The summed E-state index contributed by atoms with van der Waals surface area (Å²) in [6.45, 7) is 6.03. The Morgan fingerprint density at radius 1 is 1.50 bits per heavy atom. The summed E-state index contributed by atoms with van der Waals surface area (Å²) in [5.41, 5.74) is 5.70. The van der Waals surface area contributed by atoms with Crippen molar-refractivity contribution < 1.29 is 4.21 Å². The maximum absolute atomic E-state index is 11.0. The zero-order chi connectivity index (χ0) is 8.15. The molecule has 0 spiro atoms. The number of nitrogens with two attached hydrogens (primary N) is 1. The maximum Gasteiger partial charge on any atom is 0.0389 e. The molecule has 0 saturated heterocycles. The average Bonchev–Trinajstić information content (AvgIpc) is 1.87. The van der Waals surface area contributed by atoms with E-state index in [9.17, 15) is 4.21 Å². The van der Waals surface area contributed by atoms with Crippen LogP contribution >= 0.6 is 0 Å². The van der Waals surface area contributed by atoms with Crippen LogP contribution in [-0.4, -0.2) is 21.8 Å². The van der Waals surface area contributed by atoms with Crippen molar-refractivity contribution in [2.75, 3.05) is 11.5 Å². The lowest BCUT2D eigenvalue weighted by Gasteiger charge is -2.13. The highest BCUT2D eigenvalue weighted by molar-refractivity contribution is 7.84. The van der Waals surface area contributed by atoms with E-state index in [1.807, 2.05) is 6.92 Å². The second-order valence-corrected chi connectivity index (χ2v) is 4.59. The van der Waals surface area contributed by atoms with Crippen molar-refractivity contribution in [2.45, 2.75) is 26.8 Å². The molecule has 0 aliphatic heterocycles. The van der Waals surface area contributed by atoms with E-state index >= 15 is 0 Å². The van der Waals surface area contributed by atoms with Crippen molar-refractivity contribution in [1.82, 2.24) is 0 Å². The SMILES string of the molecule is CCS(=O)CC(N)C(C)C. The third kappa shape index (κ3) is 4.01. The molecule has 10 heavy (non-hydrogen) atoms. The molecule has 0 aliphatic carbocycles. The first kappa shape index (κ1) is 10.1. The minimum atomic E-state index is -0.703. The van der Waals surface area contributed by atoms with Crippen LogP contribution in [0.25, 0.3) is 0 Å². The van der Waals surface area contributed by atoms with Gasteiger partial charge in [0.1, 0.15) is 0 Å². The van der Waals surface area contributed by atoms with E-state index in [4.69, 9.17) is 5.73 Å². The molecule has 62 valence electrons. The summed E-state index contributed by atoms with van der Waals surface area (Å²) < 4.78 is 11.0. The van der Waals surface area contributed by atoms with Crippen LogP contribution in [0, 0.1) is 5.92 Å². The van der Waals surface area contributed by atoms with Gasteiger partial charge in [-0.15, -0.1) is 0 Å². The Morgan fingerprint density at radius 3 is 2.30 bits per heavy atom. The molecule has 0 aliphatic rings. The van der Waals surface area contributed by atoms with E-state index in [1.54, 1.807) is 0 Å². The third-order valence-corrected chi connectivity index (χ3v) is 2.96. The van der Waals surface area contributed by atoms with Gasteiger partial charge in [0.05, 0.1) is 0 Å². The van der Waals surface area contributed by atoms with Gasteiger partial charge in [-0.25, -0.2) is 0 Å². The van der Waals surface area contributed by atoms with Gasteiger partial charge < -0.3 is 5.73 Å². The zero-order valence-electron chi connectivity index (χ0n) is 6.96. The Hall–Kier alpha value is 0.110. The van der Waals surface area contributed by atoms with E-state index in [1.165, 1.54) is 0 Å². The van der Waals surface area contributed by atoms with Gasteiger partial charge in [0.15, 0.2) is 0 Å². The van der Waals surface area contributed by atoms with E-state index in [2.05, 4.69) is 13.8 Å². The highest BCUT2D eigenvalue weighted by atomic mass is 32.2. The standard InChI is InChI=1S/C7H17NOS/c1-4-10(9)5-7(8)6(2)3/h6-7H,4-5,8H2,1-3H3. The fraction of sp³-hybridized carbons (Fsp3) is 1.00. The molecule has 2 atom stereocenters. The van der Waals surface area contributed by atoms with Gasteiger partial charge in [-0.05, 0) is 5.92 Å². The topological polar surface area (TPSA) is 43.1 Å². The van der Waals surface area contributed by atoms with Crippen molar-refractivity contribution in [2.24, 2.45) is 11.7 Å². The molecule has 0 aromatic carbocycles. The van der Waals surface area contributed by atoms with Gasteiger partial charge in [-0.3, -0.25) is 4.21 Å². The van der Waals surface area contributed by atoms with E-state index in [-0.39, 0.29) is 6.04 Å². The Morgan fingerprint density at radius 2 is 2.00 bits per heavy atom. The molecule has 0 bridgehead atoms. The molecule has 0 amide bonds. The van der Waals surface area contributed by atoms with Crippen LogP contribution in [0.3, 0.4) is 0 Å². The Bertz CT molecular complexity index is 114. The number of hydrogen-bond acceptors (Lipinski definition) is 2. The normalized spacial score (nSPS) is 17.3. The second-order valence-electron chi connectivity index (χ2n) is 2.80. The van der Waals surface area contributed by atoms with Gasteiger partial charge in [-0.2, -0.15) is 0 Å². The van der Waals surface area contributed by atoms with Gasteiger partial charge in [0, 0.05) is 28.3 Å². The van der Waals surface area contributed by atoms with Crippen molar-refractivity contribution in [1.29, 1.82) is 0 Å². The summed E-state index contributed by atoms with van der Waals surface area (Å²) in [5.74, 6) is 1.81. The first-order chi connectivity index (χ1) is 4.57. The summed E-state index contributed by atoms with van der Waals surface area (Å²) in [5, 5.41) is 0. The minimum absolute atomic E-state index is 0.0979. The summed E-state index contributed by atoms with van der Waals surface area (Å²) >= 11 is 0. The Kier molecular flexibility index (Phi) is 4.91. The lowest BCUT2D eigenvalue weighted by atomic mass is 10.1. The van der Waals surface area contributed by atoms with Gasteiger partial charge in [0.25, 0.3) is 0 Å². The molecule has 0 aromatic heterocycles. The van der Waals surface area contributed by atoms with Crippen molar-refractivity contribution in [3.8, 4) is 0 Å². The summed E-state index contributed by atoms with van der Waals surface area (Å²) in [4.78, 5) is 0. The third-order valence-electron chi connectivity index (χ3n) is 1.56. The van der Waals surface area contributed by atoms with Crippen LogP contribution < -0.4 is 5.73 Å². The summed E-state index contributed by atoms with van der Waals surface area (Å²) in [7, 11) is -0.703.